The monoisotopic (exact) mass is 458 g/mol. The molecule has 1 fully saturated rings. The van der Waals surface area contributed by atoms with Crippen molar-refractivity contribution in [2.45, 2.75) is 13.5 Å². The average Bonchev–Trinajstić information content (AvgIpc) is 2.94. The Hall–Kier alpha value is -3.13. The highest BCUT2D eigenvalue weighted by atomic mass is 79.9. The van der Waals surface area contributed by atoms with Crippen LogP contribution in [0.15, 0.2) is 52.6 Å². The molecule has 2 aromatic rings. The summed E-state index contributed by atoms with van der Waals surface area (Å²) in [5.41, 5.74) is 2.99. The summed E-state index contributed by atoms with van der Waals surface area (Å²) in [4.78, 5) is 36.4. The van der Waals surface area contributed by atoms with E-state index in [-0.39, 0.29) is 5.70 Å². The third-order valence-electron chi connectivity index (χ3n) is 4.22. The average molecular weight is 459 g/mol. The van der Waals surface area contributed by atoms with E-state index < -0.39 is 24.5 Å². The van der Waals surface area contributed by atoms with E-state index in [2.05, 4.69) is 32.0 Å². The Morgan fingerprint density at radius 1 is 1.21 bits per heavy atom. The highest BCUT2D eigenvalue weighted by Gasteiger charge is 2.35. The molecule has 0 saturated carbocycles. The summed E-state index contributed by atoms with van der Waals surface area (Å²) in [6.45, 7) is 2.02. The van der Waals surface area contributed by atoms with E-state index in [0.29, 0.717) is 22.4 Å². The largest absolute Gasteiger partial charge is 0.488 e. The fraction of sp³-hybridized carbons (Fsp3) is 0.190. The zero-order valence-corrected chi connectivity index (χ0v) is 17.5. The van der Waals surface area contributed by atoms with Crippen molar-refractivity contribution in [3.05, 3.63) is 69.3 Å². The number of urea groups is 1. The van der Waals surface area contributed by atoms with Crippen LogP contribution in [-0.4, -0.2) is 36.5 Å². The zero-order valence-electron chi connectivity index (χ0n) is 15.9. The van der Waals surface area contributed by atoms with Crippen molar-refractivity contribution in [3.63, 3.8) is 0 Å². The van der Waals surface area contributed by atoms with Gasteiger partial charge in [-0.05, 0) is 52.2 Å². The number of methoxy groups -OCH3 is 1. The molecular formula is C21H19BrN2O5. The number of rotatable bonds is 6. The van der Waals surface area contributed by atoms with E-state index in [9.17, 15) is 14.4 Å². The van der Waals surface area contributed by atoms with Crippen LogP contribution >= 0.6 is 15.9 Å². The molecule has 0 spiro atoms. The molecule has 0 aromatic heterocycles. The maximum Gasteiger partial charge on any atom is 0.329 e. The van der Waals surface area contributed by atoms with Crippen LogP contribution in [0.1, 0.15) is 16.7 Å². The van der Waals surface area contributed by atoms with Crippen LogP contribution in [0.3, 0.4) is 0 Å². The Kier molecular flexibility index (Phi) is 6.33. The number of amides is 3. The summed E-state index contributed by atoms with van der Waals surface area (Å²) in [5.74, 6) is -0.605. The van der Waals surface area contributed by atoms with Crippen molar-refractivity contribution in [1.29, 1.82) is 0 Å². The normalized spacial score (nSPS) is 14.9. The Bertz CT molecular complexity index is 1000. The van der Waals surface area contributed by atoms with Crippen molar-refractivity contribution in [1.82, 2.24) is 10.2 Å². The number of nitrogens with zero attached hydrogens (tertiary/aromatic N) is 1. The number of halogens is 1. The molecule has 8 heteroatoms. The first-order valence-corrected chi connectivity index (χ1v) is 9.56. The molecule has 1 aliphatic heterocycles. The lowest BCUT2D eigenvalue weighted by atomic mass is 10.1. The first-order chi connectivity index (χ1) is 13.9. The highest BCUT2D eigenvalue weighted by molar-refractivity contribution is 9.10. The van der Waals surface area contributed by atoms with Gasteiger partial charge in [0.15, 0.2) is 0 Å². The molecular weight excluding hydrogens is 440 g/mol. The van der Waals surface area contributed by atoms with Gasteiger partial charge in [-0.15, -0.1) is 0 Å². The van der Waals surface area contributed by atoms with E-state index in [1.165, 1.54) is 13.2 Å². The molecule has 0 aliphatic carbocycles. The van der Waals surface area contributed by atoms with Gasteiger partial charge in [0, 0.05) is 0 Å². The van der Waals surface area contributed by atoms with E-state index in [4.69, 9.17) is 4.74 Å². The fourth-order valence-corrected chi connectivity index (χ4v) is 3.27. The number of hydrogen-bond donors (Lipinski definition) is 1. The Labute approximate surface area is 176 Å². The Morgan fingerprint density at radius 2 is 2.00 bits per heavy atom. The smallest absolute Gasteiger partial charge is 0.329 e. The minimum Gasteiger partial charge on any atom is -0.488 e. The highest BCUT2D eigenvalue weighted by Crippen LogP contribution is 2.28. The molecule has 7 nitrogen and oxygen atoms in total. The van der Waals surface area contributed by atoms with Crippen molar-refractivity contribution >= 4 is 39.9 Å². The van der Waals surface area contributed by atoms with Gasteiger partial charge < -0.3 is 14.8 Å². The molecule has 3 rings (SSSR count). The number of aryl methyl sites for hydroxylation is 1. The standard InChI is InChI=1S/C21H19BrN2O5/c1-13-4-3-5-15(8-13)12-29-18-7-6-14(9-16(18)22)10-17-20(26)24(21(27)23-17)11-19(25)28-2/h3-10H,11-12H2,1-2H3,(H,23,27)/b17-10+. The molecule has 1 N–H and O–H groups in total. The van der Waals surface area contributed by atoms with Gasteiger partial charge in [0.25, 0.3) is 5.91 Å². The first kappa shape index (κ1) is 20.6. The zero-order chi connectivity index (χ0) is 21.0. The van der Waals surface area contributed by atoms with Gasteiger partial charge in [-0.1, -0.05) is 35.9 Å². The maximum atomic E-state index is 12.3. The molecule has 0 radical (unpaired) electrons. The first-order valence-electron chi connectivity index (χ1n) is 8.76. The van der Waals surface area contributed by atoms with Crippen LogP contribution in [0, 0.1) is 6.92 Å². The predicted octanol–water partition coefficient (Wildman–Crippen LogP) is 3.40. The van der Waals surface area contributed by atoms with Crippen molar-refractivity contribution in [2.24, 2.45) is 0 Å². The molecule has 0 atom stereocenters. The molecule has 3 amide bonds. The van der Waals surface area contributed by atoms with Crippen LogP contribution in [0.25, 0.3) is 6.08 Å². The molecule has 0 unspecified atom stereocenters. The van der Waals surface area contributed by atoms with Crippen molar-refractivity contribution in [3.8, 4) is 5.75 Å². The van der Waals surface area contributed by atoms with Gasteiger partial charge in [0.2, 0.25) is 0 Å². The van der Waals surface area contributed by atoms with Gasteiger partial charge in [-0.2, -0.15) is 0 Å². The van der Waals surface area contributed by atoms with E-state index in [1.54, 1.807) is 18.2 Å². The van der Waals surface area contributed by atoms with E-state index >= 15 is 0 Å². The summed E-state index contributed by atoms with van der Waals surface area (Å²) in [5, 5.41) is 2.46. The van der Waals surface area contributed by atoms with Crippen molar-refractivity contribution < 1.29 is 23.9 Å². The van der Waals surface area contributed by atoms with E-state index in [0.717, 1.165) is 16.0 Å². The molecule has 0 bridgehead atoms. The van der Waals surface area contributed by atoms with Crippen LogP contribution in [-0.2, 0) is 20.9 Å². The molecule has 2 aromatic carbocycles. The van der Waals surface area contributed by atoms with Crippen LogP contribution in [0.2, 0.25) is 0 Å². The topological polar surface area (TPSA) is 84.9 Å². The lowest BCUT2D eigenvalue weighted by molar-refractivity contribution is -0.143. The van der Waals surface area contributed by atoms with E-state index in [1.807, 2.05) is 25.1 Å². The molecule has 1 saturated heterocycles. The minimum absolute atomic E-state index is 0.0826. The predicted molar refractivity (Wildman–Crippen MR) is 110 cm³/mol. The van der Waals surface area contributed by atoms with Crippen LogP contribution < -0.4 is 10.1 Å². The number of carbonyl (C=O) groups is 3. The molecule has 1 heterocycles. The summed E-state index contributed by atoms with van der Waals surface area (Å²) in [6.07, 6.45) is 1.53. The molecule has 1 aliphatic rings. The minimum atomic E-state index is -0.674. The quantitative estimate of drug-likeness (QED) is 0.407. The van der Waals surface area contributed by atoms with Crippen LogP contribution in [0.5, 0.6) is 5.75 Å². The third kappa shape index (κ3) is 5.03. The number of carbonyl (C=O) groups excluding carboxylic acids is 3. The number of benzene rings is 2. The number of hydrogen-bond acceptors (Lipinski definition) is 5. The number of esters is 1. The second-order valence-electron chi connectivity index (χ2n) is 6.42. The fourth-order valence-electron chi connectivity index (χ4n) is 2.76. The lowest BCUT2D eigenvalue weighted by Gasteiger charge is -2.10. The summed E-state index contributed by atoms with van der Waals surface area (Å²) >= 11 is 3.47. The second-order valence-corrected chi connectivity index (χ2v) is 7.28. The number of imide groups is 1. The Morgan fingerprint density at radius 3 is 2.69 bits per heavy atom. The van der Waals surface area contributed by atoms with Gasteiger partial charge in [-0.25, -0.2) is 9.69 Å². The second kappa shape index (κ2) is 8.91. The summed E-state index contributed by atoms with van der Waals surface area (Å²) in [7, 11) is 1.19. The molecule has 150 valence electrons. The van der Waals surface area contributed by atoms with Gasteiger partial charge in [-0.3, -0.25) is 9.59 Å². The Balaban J connectivity index is 1.70. The number of nitrogens with one attached hydrogen (secondary N) is 1. The third-order valence-corrected chi connectivity index (χ3v) is 4.84. The SMILES string of the molecule is COC(=O)CN1C(=O)N/C(=C/c2ccc(OCc3cccc(C)c3)c(Br)c2)C1=O. The lowest BCUT2D eigenvalue weighted by Crippen LogP contribution is -2.36. The van der Waals surface area contributed by atoms with Gasteiger partial charge in [0.05, 0.1) is 11.6 Å². The van der Waals surface area contributed by atoms with Crippen molar-refractivity contribution in [2.75, 3.05) is 13.7 Å². The summed E-state index contributed by atoms with van der Waals surface area (Å²) < 4.78 is 11.1. The molecule has 29 heavy (non-hydrogen) atoms. The maximum absolute atomic E-state index is 12.3. The van der Waals surface area contributed by atoms with Crippen LogP contribution in [0.4, 0.5) is 4.79 Å². The number of ether oxygens (including phenoxy) is 2. The van der Waals surface area contributed by atoms with Gasteiger partial charge in [0.1, 0.15) is 24.6 Å². The summed E-state index contributed by atoms with van der Waals surface area (Å²) in [6, 6.07) is 12.7. The van der Waals surface area contributed by atoms with Gasteiger partial charge >= 0.3 is 12.0 Å².